The van der Waals surface area contributed by atoms with Crippen LogP contribution in [0.1, 0.15) is 17.4 Å². The Labute approximate surface area is 139 Å². The summed E-state index contributed by atoms with van der Waals surface area (Å²) in [6, 6.07) is 15.3. The first-order chi connectivity index (χ1) is 11.7. The average molecular weight is 319 g/mol. The number of hydrogen-bond acceptors (Lipinski definition) is 4. The summed E-state index contributed by atoms with van der Waals surface area (Å²) in [6.07, 6.45) is 2.33. The molecule has 0 saturated carbocycles. The monoisotopic (exact) mass is 319 g/mol. The van der Waals surface area contributed by atoms with Crippen LogP contribution in [0.25, 0.3) is 11.5 Å². The van der Waals surface area contributed by atoms with Gasteiger partial charge in [-0.2, -0.15) is 0 Å². The lowest BCUT2D eigenvalue weighted by Gasteiger charge is -2.31. The number of amides is 1. The third-order valence-electron chi connectivity index (χ3n) is 4.28. The Morgan fingerprint density at radius 2 is 1.88 bits per heavy atom. The molecule has 1 aliphatic rings. The molecule has 2 aromatic heterocycles. The molecule has 0 spiro atoms. The van der Waals surface area contributed by atoms with Crippen molar-refractivity contribution in [2.24, 2.45) is 0 Å². The average Bonchev–Trinajstić information content (AvgIpc) is 3.04. The van der Waals surface area contributed by atoms with Crippen LogP contribution in [0.5, 0.6) is 0 Å². The lowest BCUT2D eigenvalue weighted by atomic mass is 10.0. The molecule has 0 saturated heterocycles. The molecular weight excluding hydrogens is 302 g/mol. The van der Waals surface area contributed by atoms with Crippen LogP contribution in [-0.4, -0.2) is 37.6 Å². The van der Waals surface area contributed by atoms with Gasteiger partial charge in [0, 0.05) is 19.7 Å². The van der Waals surface area contributed by atoms with Crippen molar-refractivity contribution in [3.63, 3.8) is 0 Å². The number of benzene rings is 1. The fourth-order valence-corrected chi connectivity index (χ4v) is 3.10. The zero-order chi connectivity index (χ0) is 16.5. The zero-order valence-electron chi connectivity index (χ0n) is 13.3. The number of carbonyl (C=O) groups excluding carboxylic acids is 1. The predicted octanol–water partition coefficient (Wildman–Crippen LogP) is 2.10. The van der Waals surface area contributed by atoms with E-state index in [1.54, 1.807) is 18.1 Å². The topological polar surface area (TPSA) is 63.9 Å². The Hall–Kier alpha value is -3.02. The molecule has 6 heteroatoms. The van der Waals surface area contributed by atoms with Crippen molar-refractivity contribution in [2.45, 2.75) is 19.0 Å². The number of rotatable bonds is 3. The number of carbonyl (C=O) groups is 1. The van der Waals surface area contributed by atoms with Crippen molar-refractivity contribution in [1.82, 2.24) is 24.6 Å². The normalized spacial score (nSPS) is 17.0. The second-order valence-electron chi connectivity index (χ2n) is 5.92. The van der Waals surface area contributed by atoms with E-state index in [9.17, 15) is 4.79 Å². The van der Waals surface area contributed by atoms with Crippen LogP contribution in [0.15, 0.2) is 54.7 Å². The van der Waals surface area contributed by atoms with E-state index in [0.29, 0.717) is 18.8 Å². The first-order valence-electron chi connectivity index (χ1n) is 7.88. The van der Waals surface area contributed by atoms with Crippen LogP contribution in [0.4, 0.5) is 0 Å². The highest BCUT2D eigenvalue weighted by atomic mass is 16.2. The summed E-state index contributed by atoms with van der Waals surface area (Å²) in [5.74, 6) is 1.51. The van der Waals surface area contributed by atoms with Gasteiger partial charge in [0.2, 0.25) is 5.91 Å². The summed E-state index contributed by atoms with van der Waals surface area (Å²) in [5.41, 5.74) is 1.84. The minimum absolute atomic E-state index is 0.0725. The Balaban J connectivity index is 1.80. The van der Waals surface area contributed by atoms with Gasteiger partial charge in [0.15, 0.2) is 11.6 Å². The summed E-state index contributed by atoms with van der Waals surface area (Å²) in [6.45, 7) is 0.462. The van der Waals surface area contributed by atoms with Gasteiger partial charge < -0.3 is 4.90 Å². The third-order valence-corrected chi connectivity index (χ3v) is 4.28. The molecule has 0 fully saturated rings. The van der Waals surface area contributed by atoms with Crippen LogP contribution < -0.4 is 0 Å². The lowest BCUT2D eigenvalue weighted by Crippen LogP contribution is -2.41. The summed E-state index contributed by atoms with van der Waals surface area (Å²) in [7, 11) is 1.80. The second kappa shape index (κ2) is 5.88. The van der Waals surface area contributed by atoms with Crippen LogP contribution in [0, 0.1) is 0 Å². The van der Waals surface area contributed by atoms with Gasteiger partial charge in [-0.3, -0.25) is 14.3 Å². The number of hydrogen-bond donors (Lipinski definition) is 0. The highest BCUT2D eigenvalue weighted by Crippen LogP contribution is 2.29. The molecule has 0 N–H and O–H groups in total. The Morgan fingerprint density at radius 3 is 2.62 bits per heavy atom. The van der Waals surface area contributed by atoms with Gasteiger partial charge in [0.05, 0.1) is 6.54 Å². The molecule has 0 radical (unpaired) electrons. The molecule has 3 heterocycles. The lowest BCUT2D eigenvalue weighted by molar-refractivity contribution is -0.135. The number of aromatic nitrogens is 4. The first kappa shape index (κ1) is 14.6. The van der Waals surface area contributed by atoms with Gasteiger partial charge >= 0.3 is 0 Å². The molecule has 0 bridgehead atoms. The maximum atomic E-state index is 12.8. The number of pyridine rings is 1. The Bertz CT molecular complexity index is 860. The molecule has 0 aliphatic carbocycles. The molecule has 0 unspecified atom stereocenters. The number of fused-ring (bicyclic) bond motifs is 1. The van der Waals surface area contributed by atoms with Crippen LogP contribution in [0.2, 0.25) is 0 Å². The standard InChI is InChI=1S/C18H17N5O/c1-22-12-16-20-21-17(14-9-5-6-10-19-14)23(16)15(18(22)24)11-13-7-3-2-4-8-13/h2-10,15H,11-12H2,1H3/t15-/m1/s1. The minimum atomic E-state index is -0.354. The van der Waals surface area contributed by atoms with Crippen molar-refractivity contribution in [1.29, 1.82) is 0 Å². The maximum Gasteiger partial charge on any atom is 0.246 e. The van der Waals surface area contributed by atoms with E-state index in [1.807, 2.05) is 53.1 Å². The summed E-state index contributed by atoms with van der Waals surface area (Å²) in [5, 5.41) is 8.59. The van der Waals surface area contributed by atoms with E-state index in [-0.39, 0.29) is 11.9 Å². The van der Waals surface area contributed by atoms with Crippen LogP contribution >= 0.6 is 0 Å². The van der Waals surface area contributed by atoms with Crippen molar-refractivity contribution in [2.75, 3.05) is 7.05 Å². The third kappa shape index (κ3) is 2.46. The first-order valence-corrected chi connectivity index (χ1v) is 7.88. The van der Waals surface area contributed by atoms with E-state index in [2.05, 4.69) is 15.2 Å². The molecule has 6 nitrogen and oxygen atoms in total. The van der Waals surface area contributed by atoms with Gasteiger partial charge in [-0.05, 0) is 17.7 Å². The fraction of sp³-hybridized carbons (Fsp3) is 0.222. The molecular formula is C18H17N5O. The van der Waals surface area contributed by atoms with E-state index in [4.69, 9.17) is 0 Å². The van der Waals surface area contributed by atoms with Crippen LogP contribution in [0.3, 0.4) is 0 Å². The SMILES string of the molecule is CN1Cc2nnc(-c3ccccn3)n2[C@H](Cc2ccccc2)C1=O. The predicted molar refractivity (Wildman–Crippen MR) is 88.9 cm³/mol. The number of nitrogens with zero attached hydrogens (tertiary/aromatic N) is 5. The van der Waals surface area contributed by atoms with E-state index < -0.39 is 0 Å². The van der Waals surface area contributed by atoms with Crippen molar-refractivity contribution in [3.05, 3.63) is 66.1 Å². The molecule has 120 valence electrons. The second-order valence-corrected chi connectivity index (χ2v) is 5.92. The van der Waals surface area contributed by atoms with Gasteiger partial charge in [-0.25, -0.2) is 0 Å². The van der Waals surface area contributed by atoms with Gasteiger partial charge in [0.1, 0.15) is 11.7 Å². The van der Waals surface area contributed by atoms with E-state index in [1.165, 1.54) is 0 Å². The molecule has 1 amide bonds. The molecule has 4 rings (SSSR count). The largest absolute Gasteiger partial charge is 0.336 e. The molecule has 1 aromatic carbocycles. The number of likely N-dealkylation sites (N-methyl/N-ethyl adjacent to an activating group) is 1. The summed E-state index contributed by atoms with van der Waals surface area (Å²) in [4.78, 5) is 18.9. The molecule has 1 aliphatic heterocycles. The van der Waals surface area contributed by atoms with Crippen molar-refractivity contribution < 1.29 is 4.79 Å². The zero-order valence-corrected chi connectivity index (χ0v) is 13.3. The molecule has 3 aromatic rings. The smallest absolute Gasteiger partial charge is 0.246 e. The minimum Gasteiger partial charge on any atom is -0.336 e. The molecule has 24 heavy (non-hydrogen) atoms. The molecule has 1 atom stereocenters. The van der Waals surface area contributed by atoms with Crippen molar-refractivity contribution in [3.8, 4) is 11.5 Å². The van der Waals surface area contributed by atoms with E-state index >= 15 is 0 Å². The van der Waals surface area contributed by atoms with Gasteiger partial charge in [0.25, 0.3) is 0 Å². The Morgan fingerprint density at radius 1 is 1.08 bits per heavy atom. The Kier molecular flexibility index (Phi) is 3.57. The highest BCUT2D eigenvalue weighted by Gasteiger charge is 2.34. The van der Waals surface area contributed by atoms with Gasteiger partial charge in [-0.15, -0.1) is 10.2 Å². The van der Waals surface area contributed by atoms with Crippen LogP contribution in [-0.2, 0) is 17.8 Å². The van der Waals surface area contributed by atoms with Crippen molar-refractivity contribution >= 4 is 5.91 Å². The fourth-order valence-electron chi connectivity index (χ4n) is 3.10. The highest BCUT2D eigenvalue weighted by molar-refractivity contribution is 5.82. The summed E-state index contributed by atoms with van der Waals surface area (Å²) < 4.78 is 1.94. The maximum absolute atomic E-state index is 12.8. The van der Waals surface area contributed by atoms with E-state index in [0.717, 1.165) is 17.1 Å². The van der Waals surface area contributed by atoms with Gasteiger partial charge in [-0.1, -0.05) is 36.4 Å². The summed E-state index contributed by atoms with van der Waals surface area (Å²) >= 11 is 0. The quantitative estimate of drug-likeness (QED) is 0.741.